The quantitative estimate of drug-likeness (QED) is 0.592. The molecule has 1 amide bonds. The molecule has 0 saturated heterocycles. The highest BCUT2D eigenvalue weighted by atomic mass is 16.4. The minimum Gasteiger partial charge on any atom is -0.480 e. The molecule has 0 bridgehead atoms. The van der Waals surface area contributed by atoms with Crippen LogP contribution in [0.25, 0.3) is 0 Å². The number of aliphatic carboxylic acids is 1. The summed E-state index contributed by atoms with van der Waals surface area (Å²) in [6.07, 6.45) is 2.97. The fraction of sp³-hybridized carbons (Fsp3) is 0.312. The van der Waals surface area contributed by atoms with E-state index in [1.807, 2.05) is 0 Å². The van der Waals surface area contributed by atoms with E-state index in [-0.39, 0.29) is 17.9 Å². The highest BCUT2D eigenvalue weighted by Crippen LogP contribution is 2.09. The van der Waals surface area contributed by atoms with Gasteiger partial charge in [-0.15, -0.1) is 0 Å². The number of carbonyl (C=O) groups excluding carboxylic acids is 1. The highest BCUT2D eigenvalue weighted by Gasteiger charge is 2.23. The molecule has 0 fully saturated rings. The molecule has 0 aromatic carbocycles. The molecular formula is C16H17N3O5. The minimum absolute atomic E-state index is 0.0626. The van der Waals surface area contributed by atoms with Crippen LogP contribution in [0.4, 0.5) is 0 Å². The smallest absolute Gasteiger partial charge is 0.326 e. The van der Waals surface area contributed by atoms with E-state index in [0.717, 1.165) is 0 Å². The number of aromatic nitrogens is 2. The lowest BCUT2D eigenvalue weighted by atomic mass is 10.1. The summed E-state index contributed by atoms with van der Waals surface area (Å²) in [5.74, 6) is 3.44. The number of carboxylic acid groups (broad SMARTS) is 1. The van der Waals surface area contributed by atoms with Gasteiger partial charge in [-0.25, -0.2) is 9.78 Å². The third-order valence-corrected chi connectivity index (χ3v) is 2.90. The van der Waals surface area contributed by atoms with Crippen LogP contribution in [-0.2, 0) is 11.2 Å². The molecule has 4 N–H and O–H groups in total. The molecule has 8 heteroatoms. The topological polar surface area (TPSA) is 128 Å². The van der Waals surface area contributed by atoms with Crippen LogP contribution in [0, 0.1) is 11.8 Å². The van der Waals surface area contributed by atoms with E-state index >= 15 is 0 Å². The third-order valence-electron chi connectivity index (χ3n) is 2.90. The van der Waals surface area contributed by atoms with Crippen molar-refractivity contribution in [3.63, 3.8) is 0 Å². The second-order valence-electron chi connectivity index (χ2n) is 5.62. The number of amides is 1. The first kappa shape index (κ1) is 17.3. The van der Waals surface area contributed by atoms with Crippen LogP contribution in [0.15, 0.2) is 29.1 Å². The maximum Gasteiger partial charge on any atom is 0.326 e. The number of nitrogens with one attached hydrogen (secondary N) is 2. The standard InChI is InChI=1S/C16H17N3O5/c1-16(2,23)6-5-11-3-4-13(24-11)14(20)19-12(15(21)22)7-10-8-17-9-18-10/h3-4,8-9,12,23H,7H2,1-2H3,(H,17,18)(H,19,20)(H,21,22). The summed E-state index contributed by atoms with van der Waals surface area (Å²) in [6.45, 7) is 3.03. The van der Waals surface area contributed by atoms with Crippen LogP contribution in [0.5, 0.6) is 0 Å². The van der Waals surface area contributed by atoms with E-state index in [1.54, 1.807) is 0 Å². The van der Waals surface area contributed by atoms with Gasteiger partial charge in [-0.1, -0.05) is 5.92 Å². The molecule has 2 heterocycles. The maximum atomic E-state index is 12.1. The Morgan fingerprint density at radius 3 is 2.79 bits per heavy atom. The van der Waals surface area contributed by atoms with Crippen molar-refractivity contribution in [1.29, 1.82) is 0 Å². The molecule has 0 saturated carbocycles. The lowest BCUT2D eigenvalue weighted by Gasteiger charge is -2.12. The van der Waals surface area contributed by atoms with Crippen LogP contribution in [0.1, 0.15) is 35.9 Å². The second-order valence-corrected chi connectivity index (χ2v) is 5.62. The van der Waals surface area contributed by atoms with E-state index in [4.69, 9.17) is 4.42 Å². The molecule has 0 aliphatic carbocycles. The Bertz CT molecular complexity index is 775. The van der Waals surface area contributed by atoms with Crippen molar-refractivity contribution in [2.75, 3.05) is 0 Å². The Hall–Kier alpha value is -3.05. The predicted octanol–water partition coefficient (Wildman–Crippen LogP) is 0.551. The molecule has 0 spiro atoms. The Morgan fingerprint density at radius 1 is 1.46 bits per heavy atom. The van der Waals surface area contributed by atoms with Gasteiger partial charge in [0.25, 0.3) is 5.91 Å². The molecule has 0 aliphatic rings. The number of carboxylic acids is 1. The molecular weight excluding hydrogens is 314 g/mol. The summed E-state index contributed by atoms with van der Waals surface area (Å²) in [5.41, 5.74) is -0.605. The first-order chi connectivity index (χ1) is 11.2. The number of H-pyrrole nitrogens is 1. The van der Waals surface area contributed by atoms with Gasteiger partial charge >= 0.3 is 5.97 Å². The largest absolute Gasteiger partial charge is 0.480 e. The summed E-state index contributed by atoms with van der Waals surface area (Å²) in [5, 5.41) is 21.1. The number of hydrogen-bond donors (Lipinski definition) is 4. The Morgan fingerprint density at radius 2 is 2.21 bits per heavy atom. The van der Waals surface area contributed by atoms with Gasteiger partial charge in [-0.3, -0.25) is 4.79 Å². The van der Waals surface area contributed by atoms with Crippen molar-refractivity contribution < 1.29 is 24.2 Å². The van der Waals surface area contributed by atoms with Gasteiger partial charge in [0.2, 0.25) is 0 Å². The zero-order valence-electron chi connectivity index (χ0n) is 13.2. The van der Waals surface area contributed by atoms with Gasteiger partial charge in [0, 0.05) is 18.3 Å². The lowest BCUT2D eigenvalue weighted by molar-refractivity contribution is -0.139. The summed E-state index contributed by atoms with van der Waals surface area (Å²) < 4.78 is 5.25. The highest BCUT2D eigenvalue weighted by molar-refractivity contribution is 5.94. The molecule has 2 aromatic rings. The third kappa shape index (κ3) is 5.00. The summed E-state index contributed by atoms with van der Waals surface area (Å²) in [7, 11) is 0. The van der Waals surface area contributed by atoms with Gasteiger partial charge < -0.3 is 24.9 Å². The normalized spacial score (nSPS) is 12.1. The fourth-order valence-electron chi connectivity index (χ4n) is 1.79. The monoisotopic (exact) mass is 331 g/mol. The Labute approximate surface area is 137 Å². The van der Waals surface area contributed by atoms with Crippen molar-refractivity contribution in [2.45, 2.75) is 31.9 Å². The average Bonchev–Trinajstić information content (AvgIpc) is 3.15. The van der Waals surface area contributed by atoms with E-state index < -0.39 is 23.5 Å². The predicted molar refractivity (Wildman–Crippen MR) is 83.1 cm³/mol. The molecule has 24 heavy (non-hydrogen) atoms. The van der Waals surface area contributed by atoms with Gasteiger partial charge in [0.15, 0.2) is 11.5 Å². The molecule has 126 valence electrons. The first-order valence-corrected chi connectivity index (χ1v) is 7.11. The summed E-state index contributed by atoms with van der Waals surface area (Å²) in [4.78, 5) is 30.0. The van der Waals surface area contributed by atoms with Crippen molar-refractivity contribution in [1.82, 2.24) is 15.3 Å². The number of hydrogen-bond acceptors (Lipinski definition) is 5. The van der Waals surface area contributed by atoms with E-state index in [9.17, 15) is 19.8 Å². The maximum absolute atomic E-state index is 12.1. The Kier molecular flexibility index (Phi) is 5.06. The zero-order valence-corrected chi connectivity index (χ0v) is 13.2. The van der Waals surface area contributed by atoms with Gasteiger partial charge in [-0.05, 0) is 31.9 Å². The molecule has 0 aliphatic heterocycles. The summed E-state index contributed by atoms with van der Waals surface area (Å²) in [6, 6.07) is 1.73. The molecule has 0 radical (unpaired) electrons. The number of aromatic amines is 1. The SMILES string of the molecule is CC(C)(O)C#Cc1ccc(C(=O)NC(Cc2cnc[nH]2)C(=O)O)o1. The average molecular weight is 331 g/mol. The second kappa shape index (κ2) is 7.02. The van der Waals surface area contributed by atoms with Gasteiger partial charge in [-0.2, -0.15) is 0 Å². The van der Waals surface area contributed by atoms with Crippen molar-refractivity contribution in [2.24, 2.45) is 0 Å². The zero-order chi connectivity index (χ0) is 17.7. The molecule has 1 unspecified atom stereocenters. The fourth-order valence-corrected chi connectivity index (χ4v) is 1.79. The molecule has 2 rings (SSSR count). The van der Waals surface area contributed by atoms with E-state index in [0.29, 0.717) is 5.69 Å². The summed E-state index contributed by atoms with van der Waals surface area (Å²) >= 11 is 0. The number of aliphatic hydroxyl groups is 1. The van der Waals surface area contributed by atoms with Crippen LogP contribution >= 0.6 is 0 Å². The van der Waals surface area contributed by atoms with Crippen LogP contribution in [0.2, 0.25) is 0 Å². The van der Waals surface area contributed by atoms with E-state index in [2.05, 4.69) is 27.1 Å². The van der Waals surface area contributed by atoms with Gasteiger partial charge in [0.1, 0.15) is 11.6 Å². The van der Waals surface area contributed by atoms with Crippen LogP contribution in [0.3, 0.4) is 0 Å². The molecule has 1 atom stereocenters. The molecule has 8 nitrogen and oxygen atoms in total. The number of imidazole rings is 1. The van der Waals surface area contributed by atoms with Gasteiger partial charge in [0.05, 0.1) is 6.33 Å². The van der Waals surface area contributed by atoms with Crippen LogP contribution in [-0.4, -0.2) is 43.7 Å². The van der Waals surface area contributed by atoms with E-state index in [1.165, 1.54) is 38.5 Å². The molecule has 2 aromatic heterocycles. The number of carbonyl (C=O) groups is 2. The number of nitrogens with zero attached hydrogens (tertiary/aromatic N) is 1. The van der Waals surface area contributed by atoms with Crippen LogP contribution < -0.4 is 5.32 Å². The van der Waals surface area contributed by atoms with Crippen molar-refractivity contribution in [3.8, 4) is 11.8 Å². The Balaban J connectivity index is 2.06. The number of rotatable bonds is 5. The first-order valence-electron chi connectivity index (χ1n) is 7.11. The van der Waals surface area contributed by atoms with Crippen molar-refractivity contribution in [3.05, 3.63) is 41.9 Å². The minimum atomic E-state index is -1.19. The number of furan rings is 1. The lowest BCUT2D eigenvalue weighted by Crippen LogP contribution is -2.42. The van der Waals surface area contributed by atoms with Crippen molar-refractivity contribution >= 4 is 11.9 Å².